The van der Waals surface area contributed by atoms with E-state index in [-0.39, 0.29) is 57.4 Å². The van der Waals surface area contributed by atoms with Gasteiger partial charge in [-0.25, -0.2) is 19.0 Å². The van der Waals surface area contributed by atoms with Crippen LogP contribution in [0.4, 0.5) is 34.6 Å². The quantitative estimate of drug-likeness (QED) is 0.104. The summed E-state index contributed by atoms with van der Waals surface area (Å²) in [6.07, 6.45) is 6.41. The van der Waals surface area contributed by atoms with Gasteiger partial charge < -0.3 is 26.8 Å². The zero-order valence-corrected chi connectivity index (χ0v) is 27.0. The number of nitrogen functional groups attached to an aromatic ring is 2. The lowest BCUT2D eigenvalue weighted by Gasteiger charge is -2.08. The fourth-order valence-electron chi connectivity index (χ4n) is 4.76. The number of hydrogen-bond acceptors (Lipinski definition) is 15. The summed E-state index contributed by atoms with van der Waals surface area (Å²) in [5.41, 5.74) is 14.0. The fourth-order valence-corrected chi connectivity index (χ4v) is 4.76. The van der Waals surface area contributed by atoms with Crippen molar-refractivity contribution in [3.8, 4) is 17.6 Å². The highest BCUT2D eigenvalue weighted by Crippen LogP contribution is 2.35. The summed E-state index contributed by atoms with van der Waals surface area (Å²) in [4.78, 5) is 31.5. The van der Waals surface area contributed by atoms with E-state index in [0.717, 1.165) is 25.7 Å². The van der Waals surface area contributed by atoms with E-state index in [4.69, 9.17) is 11.5 Å². The van der Waals surface area contributed by atoms with Crippen molar-refractivity contribution >= 4 is 46.6 Å². The zero-order chi connectivity index (χ0) is 35.4. The van der Waals surface area contributed by atoms with Crippen molar-refractivity contribution < 1.29 is 24.9 Å². The Morgan fingerprint density at radius 3 is 1.51 bits per heavy atom. The van der Waals surface area contributed by atoms with E-state index in [1.54, 1.807) is 0 Å². The molecule has 0 aliphatic carbocycles. The molecule has 5 heterocycles. The van der Waals surface area contributed by atoms with Gasteiger partial charge >= 0.3 is 17.9 Å². The van der Waals surface area contributed by atoms with Crippen LogP contribution < -0.4 is 11.5 Å². The standard InChI is InChI=1S/C28H34N16O5/c1-5-7-9-16-20(35-37-24-14(26(45)46)12-31-41(24)3)22(29)43(39-16)18-11-19(34-28(49)33-18)44-23(30)21(17(40-44)10-8-6-2)36-38-25-15(27(47)48)13-32-42(25)4/h11-13H,5-10,29-30H2,1-4H3,(H,45,46)(H,47,48)(H,33,34,49). The maximum Gasteiger partial charge on any atom is 0.341 e. The van der Waals surface area contributed by atoms with Gasteiger partial charge in [-0.15, -0.1) is 20.5 Å². The van der Waals surface area contributed by atoms with Gasteiger partial charge in [0, 0.05) is 20.2 Å². The highest BCUT2D eigenvalue weighted by Gasteiger charge is 2.23. The third-order valence-corrected chi connectivity index (χ3v) is 7.35. The molecule has 0 aromatic carbocycles. The van der Waals surface area contributed by atoms with Gasteiger partial charge in [0.15, 0.2) is 46.3 Å². The van der Waals surface area contributed by atoms with Gasteiger partial charge in [-0.1, -0.05) is 26.7 Å². The van der Waals surface area contributed by atoms with Crippen LogP contribution in [0.25, 0.3) is 11.6 Å². The summed E-state index contributed by atoms with van der Waals surface area (Å²) in [6.45, 7) is 4.01. The van der Waals surface area contributed by atoms with E-state index < -0.39 is 17.9 Å². The van der Waals surface area contributed by atoms with Gasteiger partial charge in [-0.3, -0.25) is 0 Å². The number of aromatic carboxylic acids is 2. The SMILES string of the molecule is CCCCc1nn(-c2cc(-n3nc(CCCC)c(N=Nc4c(C(=O)O)cnn4C)c3N)nc(O)n2)c(N)c1N=Nc1c(C(=O)O)cnn1C. The lowest BCUT2D eigenvalue weighted by molar-refractivity contribution is 0.0686. The minimum absolute atomic E-state index is 0.00613. The number of azo groups is 2. The number of rotatable bonds is 14. The largest absolute Gasteiger partial charge is 0.479 e. The monoisotopic (exact) mass is 674 g/mol. The second-order valence-corrected chi connectivity index (χ2v) is 10.8. The van der Waals surface area contributed by atoms with Crippen LogP contribution in [0.1, 0.15) is 71.6 Å². The number of aryl methyl sites for hydroxylation is 4. The molecule has 5 rings (SSSR count). The van der Waals surface area contributed by atoms with E-state index in [1.807, 2.05) is 13.8 Å². The number of anilines is 2. The molecule has 0 radical (unpaired) electrons. The van der Waals surface area contributed by atoms with Crippen molar-refractivity contribution in [2.45, 2.75) is 52.4 Å². The molecule has 0 aliphatic heterocycles. The van der Waals surface area contributed by atoms with E-state index in [9.17, 15) is 24.9 Å². The molecule has 0 unspecified atom stereocenters. The molecule has 5 aromatic rings. The zero-order valence-electron chi connectivity index (χ0n) is 27.0. The minimum Gasteiger partial charge on any atom is -0.479 e. The molecule has 0 aliphatic rings. The Bertz CT molecular complexity index is 1940. The second kappa shape index (κ2) is 14.1. The summed E-state index contributed by atoms with van der Waals surface area (Å²) in [5.74, 6) is -2.32. The number of carboxylic acid groups (broad SMARTS) is 2. The predicted octanol–water partition coefficient (Wildman–Crippen LogP) is 4.10. The van der Waals surface area contributed by atoms with Gasteiger partial charge in [0.2, 0.25) is 0 Å². The van der Waals surface area contributed by atoms with Crippen LogP contribution in [0.3, 0.4) is 0 Å². The summed E-state index contributed by atoms with van der Waals surface area (Å²) in [6, 6.07) is 0.797. The lowest BCUT2D eigenvalue weighted by atomic mass is 10.2. The van der Waals surface area contributed by atoms with Gasteiger partial charge in [-0.2, -0.15) is 39.7 Å². The predicted molar refractivity (Wildman–Crippen MR) is 173 cm³/mol. The van der Waals surface area contributed by atoms with Crippen LogP contribution in [0, 0.1) is 0 Å². The first-order chi connectivity index (χ1) is 23.4. The number of aromatic hydroxyl groups is 1. The van der Waals surface area contributed by atoms with Crippen LogP contribution in [0.2, 0.25) is 0 Å². The Morgan fingerprint density at radius 2 is 1.14 bits per heavy atom. The van der Waals surface area contributed by atoms with Gasteiger partial charge in [0.25, 0.3) is 0 Å². The molecule has 21 nitrogen and oxygen atoms in total. The van der Waals surface area contributed by atoms with Crippen molar-refractivity contribution in [3.05, 3.63) is 41.0 Å². The normalized spacial score (nSPS) is 11.8. The molecule has 5 aromatic heterocycles. The molecule has 0 amide bonds. The highest BCUT2D eigenvalue weighted by molar-refractivity contribution is 5.92. The average Bonchev–Trinajstić information content (AvgIpc) is 3.80. The Labute approximate surface area is 277 Å². The Morgan fingerprint density at radius 1 is 0.735 bits per heavy atom. The smallest absolute Gasteiger partial charge is 0.341 e. The van der Waals surface area contributed by atoms with Gasteiger partial charge in [0.05, 0.1) is 23.8 Å². The van der Waals surface area contributed by atoms with E-state index in [0.29, 0.717) is 24.2 Å². The number of unbranched alkanes of at least 4 members (excludes halogenated alkanes) is 2. The molecular weight excluding hydrogens is 640 g/mol. The third kappa shape index (κ3) is 6.80. The number of carboxylic acids is 2. The molecule has 0 saturated heterocycles. The minimum atomic E-state index is -1.22. The van der Waals surface area contributed by atoms with Crippen LogP contribution in [0.5, 0.6) is 6.01 Å². The van der Waals surface area contributed by atoms with Gasteiger partial charge in [-0.05, 0) is 25.7 Å². The number of nitrogens with two attached hydrogens (primary N) is 2. The Hall–Kier alpha value is -6.54. The summed E-state index contributed by atoms with van der Waals surface area (Å²) in [5, 5.41) is 63.5. The second-order valence-electron chi connectivity index (χ2n) is 10.8. The number of carbonyl (C=O) groups is 2. The third-order valence-electron chi connectivity index (χ3n) is 7.35. The van der Waals surface area contributed by atoms with Crippen LogP contribution in [-0.2, 0) is 26.9 Å². The first kappa shape index (κ1) is 33.8. The van der Waals surface area contributed by atoms with Crippen molar-refractivity contribution in [1.82, 2.24) is 49.1 Å². The molecule has 7 N–H and O–H groups in total. The summed E-state index contributed by atoms with van der Waals surface area (Å²) >= 11 is 0. The Kier molecular flexibility index (Phi) is 9.71. The summed E-state index contributed by atoms with van der Waals surface area (Å²) in [7, 11) is 3.06. The number of nitrogens with zero attached hydrogens (tertiary/aromatic N) is 14. The molecule has 49 heavy (non-hydrogen) atoms. The fraction of sp³-hybridized carbons (Fsp3) is 0.357. The first-order valence-corrected chi connectivity index (χ1v) is 15.1. The van der Waals surface area contributed by atoms with E-state index in [1.165, 1.54) is 51.3 Å². The summed E-state index contributed by atoms with van der Waals surface area (Å²) < 4.78 is 5.04. The van der Waals surface area contributed by atoms with Crippen LogP contribution in [0.15, 0.2) is 38.9 Å². The van der Waals surface area contributed by atoms with Crippen molar-refractivity contribution in [1.29, 1.82) is 0 Å². The first-order valence-electron chi connectivity index (χ1n) is 15.1. The van der Waals surface area contributed by atoms with Gasteiger partial charge in [0.1, 0.15) is 11.1 Å². The van der Waals surface area contributed by atoms with Crippen molar-refractivity contribution in [3.63, 3.8) is 0 Å². The topological polar surface area (TPSA) is 293 Å². The van der Waals surface area contributed by atoms with Crippen molar-refractivity contribution in [2.75, 3.05) is 11.5 Å². The molecule has 0 fully saturated rings. The number of hydrogen-bond donors (Lipinski definition) is 5. The molecule has 0 saturated carbocycles. The molecule has 0 bridgehead atoms. The van der Waals surface area contributed by atoms with E-state index >= 15 is 0 Å². The maximum absolute atomic E-state index is 11.6. The molecule has 0 spiro atoms. The molecule has 0 atom stereocenters. The highest BCUT2D eigenvalue weighted by atomic mass is 16.4. The van der Waals surface area contributed by atoms with Crippen molar-refractivity contribution in [2.24, 2.45) is 34.6 Å². The van der Waals surface area contributed by atoms with Crippen LogP contribution in [-0.4, -0.2) is 76.3 Å². The maximum atomic E-state index is 11.6. The van der Waals surface area contributed by atoms with Crippen LogP contribution >= 0.6 is 0 Å². The van der Waals surface area contributed by atoms with E-state index in [2.05, 4.69) is 50.8 Å². The number of aromatic nitrogens is 10. The molecular formula is C28H34N16O5. The average molecular weight is 675 g/mol. The Balaban J connectivity index is 1.59. The lowest BCUT2D eigenvalue weighted by Crippen LogP contribution is -2.09. The molecule has 21 heteroatoms. The molecule has 256 valence electrons.